The van der Waals surface area contributed by atoms with Crippen molar-refractivity contribution < 1.29 is 23.8 Å². The molecule has 0 aliphatic heterocycles. The molecule has 0 aliphatic rings. The zero-order valence-electron chi connectivity index (χ0n) is 23.7. The molecule has 1 heterocycles. The van der Waals surface area contributed by atoms with Crippen LogP contribution in [0.15, 0.2) is 66.7 Å². The average molecular weight is 546 g/mol. The van der Waals surface area contributed by atoms with E-state index in [1.165, 1.54) is 23.8 Å². The molecule has 0 radical (unpaired) electrons. The van der Waals surface area contributed by atoms with Gasteiger partial charge < -0.3 is 19.5 Å². The summed E-state index contributed by atoms with van der Waals surface area (Å²) in [4.78, 5) is 29.8. The van der Waals surface area contributed by atoms with Crippen LogP contribution >= 0.6 is 0 Å². The van der Waals surface area contributed by atoms with Crippen molar-refractivity contribution in [3.05, 3.63) is 72.3 Å². The summed E-state index contributed by atoms with van der Waals surface area (Å²) in [5.41, 5.74) is 1.76. The first-order valence-electron chi connectivity index (χ1n) is 13.0. The molecule has 0 spiro atoms. The Labute approximate surface area is 233 Å². The van der Waals surface area contributed by atoms with Crippen LogP contribution in [-0.2, 0) is 16.1 Å². The van der Waals surface area contributed by atoms with Crippen molar-refractivity contribution in [2.24, 2.45) is 0 Å². The summed E-state index contributed by atoms with van der Waals surface area (Å²) in [5.74, 6) is 0.800. The molecule has 3 aromatic carbocycles. The second kappa shape index (κ2) is 12.1. The SMILES string of the molecule is CCOc1ccc([C@H](C(=O)NC(C)(C)C)N(C(=O)Cn2nnc3ccccc32)c2cc(OC)ccc2OC)cc1. The molecule has 0 saturated carbocycles. The highest BCUT2D eigenvalue weighted by molar-refractivity contribution is 6.03. The molecule has 10 heteroatoms. The molecule has 0 unspecified atom stereocenters. The van der Waals surface area contributed by atoms with Gasteiger partial charge in [0.1, 0.15) is 35.4 Å². The fourth-order valence-electron chi connectivity index (χ4n) is 4.41. The van der Waals surface area contributed by atoms with Crippen LogP contribution in [0, 0.1) is 0 Å². The van der Waals surface area contributed by atoms with Crippen molar-refractivity contribution in [2.45, 2.75) is 45.8 Å². The molecule has 1 N–H and O–H groups in total. The summed E-state index contributed by atoms with van der Waals surface area (Å²) < 4.78 is 18.3. The Balaban J connectivity index is 1.89. The van der Waals surface area contributed by atoms with E-state index in [4.69, 9.17) is 14.2 Å². The second-order valence-corrected chi connectivity index (χ2v) is 10.2. The van der Waals surface area contributed by atoms with Gasteiger partial charge in [-0.25, -0.2) is 4.68 Å². The van der Waals surface area contributed by atoms with Crippen molar-refractivity contribution in [1.29, 1.82) is 0 Å². The number of aromatic nitrogens is 3. The number of benzene rings is 3. The Morgan fingerprint density at radius 3 is 2.33 bits per heavy atom. The van der Waals surface area contributed by atoms with Crippen molar-refractivity contribution in [1.82, 2.24) is 20.3 Å². The van der Waals surface area contributed by atoms with Gasteiger partial charge in [0.15, 0.2) is 0 Å². The predicted octanol–water partition coefficient (Wildman–Crippen LogP) is 4.54. The number of hydrogen-bond donors (Lipinski definition) is 1. The van der Waals surface area contributed by atoms with Crippen LogP contribution in [0.3, 0.4) is 0 Å². The van der Waals surface area contributed by atoms with Gasteiger partial charge >= 0.3 is 0 Å². The fraction of sp³-hybridized carbons (Fsp3) is 0.333. The Kier molecular flexibility index (Phi) is 8.57. The topological polar surface area (TPSA) is 108 Å². The number of nitrogens with zero attached hydrogens (tertiary/aromatic N) is 4. The summed E-state index contributed by atoms with van der Waals surface area (Å²) in [7, 11) is 3.05. The molecule has 40 heavy (non-hydrogen) atoms. The minimum atomic E-state index is -1.06. The smallest absolute Gasteiger partial charge is 0.249 e. The van der Waals surface area contributed by atoms with E-state index in [9.17, 15) is 9.59 Å². The lowest BCUT2D eigenvalue weighted by molar-refractivity contribution is -0.128. The lowest BCUT2D eigenvalue weighted by Gasteiger charge is -2.34. The Morgan fingerprint density at radius 1 is 0.975 bits per heavy atom. The van der Waals surface area contributed by atoms with E-state index >= 15 is 0 Å². The number of amides is 2. The largest absolute Gasteiger partial charge is 0.497 e. The number of fused-ring (bicyclic) bond motifs is 1. The predicted molar refractivity (Wildman–Crippen MR) is 153 cm³/mol. The third kappa shape index (κ3) is 6.33. The van der Waals surface area contributed by atoms with Crippen LogP contribution < -0.4 is 24.4 Å². The fourth-order valence-corrected chi connectivity index (χ4v) is 4.41. The number of nitrogens with one attached hydrogen (secondary N) is 1. The number of hydrogen-bond acceptors (Lipinski definition) is 7. The maximum atomic E-state index is 14.3. The molecular weight excluding hydrogens is 510 g/mol. The van der Waals surface area contributed by atoms with E-state index in [1.807, 2.05) is 52.0 Å². The van der Waals surface area contributed by atoms with E-state index in [0.717, 1.165) is 0 Å². The van der Waals surface area contributed by atoms with Gasteiger partial charge in [0.05, 0.1) is 32.0 Å². The molecule has 0 aliphatic carbocycles. The first-order chi connectivity index (χ1) is 19.1. The third-order valence-electron chi connectivity index (χ3n) is 6.13. The van der Waals surface area contributed by atoms with Crippen molar-refractivity contribution in [3.63, 3.8) is 0 Å². The molecule has 0 fully saturated rings. The summed E-state index contributed by atoms with van der Waals surface area (Å²) in [5, 5.41) is 11.4. The Hall–Kier alpha value is -4.60. The molecule has 1 atom stereocenters. The van der Waals surface area contributed by atoms with Crippen molar-refractivity contribution >= 4 is 28.5 Å². The standard InChI is InChI=1S/C30H35N5O5/c1-7-40-21-14-12-20(13-15-21)28(29(37)31-30(2,3)4)35(25-18-22(38-5)16-17-26(25)39-6)27(36)19-34-24-11-9-8-10-23(24)32-33-34/h8-18,28H,7,19H2,1-6H3,(H,31,37)/t28-/m1/s1. The summed E-state index contributed by atoms with van der Waals surface area (Å²) in [6.45, 7) is 7.90. The molecule has 210 valence electrons. The average Bonchev–Trinajstić information content (AvgIpc) is 3.33. The number of para-hydroxylation sites is 1. The highest BCUT2D eigenvalue weighted by Crippen LogP contribution is 2.38. The number of carbonyl (C=O) groups is 2. The zero-order chi connectivity index (χ0) is 28.9. The van der Waals surface area contributed by atoms with Gasteiger partial charge in [0.2, 0.25) is 11.8 Å². The normalized spacial score (nSPS) is 12.1. The summed E-state index contributed by atoms with van der Waals surface area (Å²) >= 11 is 0. The Bertz CT molecular complexity index is 1480. The molecule has 4 aromatic rings. The van der Waals surface area contributed by atoms with Gasteiger partial charge in [0.25, 0.3) is 0 Å². The number of ether oxygens (including phenoxy) is 3. The van der Waals surface area contributed by atoms with E-state index in [1.54, 1.807) is 42.5 Å². The molecule has 1 aromatic heterocycles. The van der Waals surface area contributed by atoms with Gasteiger partial charge in [-0.2, -0.15) is 0 Å². The highest BCUT2D eigenvalue weighted by Gasteiger charge is 2.36. The van der Waals surface area contributed by atoms with E-state index < -0.39 is 17.5 Å². The van der Waals surface area contributed by atoms with Crippen LogP contribution in [0.4, 0.5) is 5.69 Å². The van der Waals surface area contributed by atoms with Gasteiger partial charge in [-0.1, -0.05) is 29.5 Å². The third-order valence-corrected chi connectivity index (χ3v) is 6.13. The van der Waals surface area contributed by atoms with Crippen LogP contribution in [0.25, 0.3) is 11.0 Å². The summed E-state index contributed by atoms with van der Waals surface area (Å²) in [6.07, 6.45) is 0. The number of anilines is 1. The minimum absolute atomic E-state index is 0.169. The quantitative estimate of drug-likeness (QED) is 0.312. The maximum absolute atomic E-state index is 14.3. The molecule has 4 rings (SSSR count). The van der Waals surface area contributed by atoms with Crippen molar-refractivity contribution in [3.8, 4) is 17.2 Å². The van der Waals surface area contributed by atoms with Crippen LogP contribution in [0.1, 0.15) is 39.3 Å². The Morgan fingerprint density at radius 2 is 1.68 bits per heavy atom. The maximum Gasteiger partial charge on any atom is 0.249 e. The lowest BCUT2D eigenvalue weighted by atomic mass is 10.00. The van der Waals surface area contributed by atoms with E-state index in [0.29, 0.717) is 46.1 Å². The van der Waals surface area contributed by atoms with Gasteiger partial charge in [-0.15, -0.1) is 5.10 Å². The minimum Gasteiger partial charge on any atom is -0.497 e. The van der Waals surface area contributed by atoms with Crippen LogP contribution in [0.2, 0.25) is 0 Å². The number of methoxy groups -OCH3 is 2. The first kappa shape index (κ1) is 28.4. The van der Waals surface area contributed by atoms with Crippen LogP contribution in [0.5, 0.6) is 17.2 Å². The molecular formula is C30H35N5O5. The van der Waals surface area contributed by atoms with Gasteiger partial charge in [-0.3, -0.25) is 14.5 Å². The zero-order valence-corrected chi connectivity index (χ0v) is 23.7. The van der Waals surface area contributed by atoms with E-state index in [-0.39, 0.29) is 12.5 Å². The molecule has 0 bridgehead atoms. The highest BCUT2D eigenvalue weighted by atomic mass is 16.5. The van der Waals surface area contributed by atoms with Gasteiger partial charge in [0, 0.05) is 11.6 Å². The second-order valence-electron chi connectivity index (χ2n) is 10.2. The monoisotopic (exact) mass is 545 g/mol. The van der Waals surface area contributed by atoms with Crippen molar-refractivity contribution in [2.75, 3.05) is 25.7 Å². The summed E-state index contributed by atoms with van der Waals surface area (Å²) in [6, 6.07) is 18.6. The molecule has 2 amide bonds. The lowest BCUT2D eigenvalue weighted by Crippen LogP contribution is -2.50. The van der Waals surface area contributed by atoms with Gasteiger partial charge in [-0.05, 0) is 69.7 Å². The first-order valence-corrected chi connectivity index (χ1v) is 13.0. The molecule has 0 saturated heterocycles. The van der Waals surface area contributed by atoms with E-state index in [2.05, 4.69) is 15.6 Å². The number of carbonyl (C=O) groups excluding carboxylic acids is 2. The number of rotatable bonds is 10. The molecule has 10 nitrogen and oxygen atoms in total. The van der Waals surface area contributed by atoms with Crippen LogP contribution in [-0.4, -0.2) is 53.2 Å².